The number of halogens is 1. The highest BCUT2D eigenvalue weighted by Gasteiger charge is 2.38. The maximum absolute atomic E-state index is 13.6. The normalized spacial score (nSPS) is 20.0. The molecule has 8 heteroatoms. The summed E-state index contributed by atoms with van der Waals surface area (Å²) in [5, 5.41) is 8.52. The minimum absolute atomic E-state index is 0.280. The maximum atomic E-state index is 13.6. The molecule has 0 spiro atoms. The Morgan fingerprint density at radius 3 is 2.71 bits per heavy atom. The molecule has 6 rings (SSSR count). The number of hydrogen-bond acceptors (Lipinski definition) is 6. The third-order valence-electron chi connectivity index (χ3n) is 6.15. The molecule has 0 aliphatic carbocycles. The molecule has 5 heterocycles. The van der Waals surface area contributed by atoms with Gasteiger partial charge in [-0.05, 0) is 48.9 Å². The number of imidazole rings is 1. The van der Waals surface area contributed by atoms with Gasteiger partial charge in [0.25, 0.3) is 0 Å². The Hall–Kier alpha value is -3.52. The van der Waals surface area contributed by atoms with E-state index in [0.717, 1.165) is 53.5 Å². The third kappa shape index (κ3) is 3.02. The van der Waals surface area contributed by atoms with E-state index >= 15 is 0 Å². The van der Waals surface area contributed by atoms with E-state index in [0.29, 0.717) is 18.0 Å². The lowest BCUT2D eigenvalue weighted by Gasteiger charge is -2.28. The van der Waals surface area contributed by atoms with Crippen LogP contribution in [0.15, 0.2) is 54.7 Å². The Bertz CT molecular complexity index is 1270. The number of hydrogen-bond donors (Lipinski definition) is 1. The van der Waals surface area contributed by atoms with Gasteiger partial charge in [-0.2, -0.15) is 0 Å². The molecule has 2 saturated heterocycles. The predicted octanol–water partition coefficient (Wildman–Crippen LogP) is 3.16. The zero-order valence-electron chi connectivity index (χ0n) is 17.0. The van der Waals surface area contributed by atoms with Gasteiger partial charge in [-0.3, -0.25) is 0 Å². The average Bonchev–Trinajstić information content (AvgIpc) is 3.53. The van der Waals surface area contributed by atoms with Crippen LogP contribution in [-0.2, 0) is 0 Å². The van der Waals surface area contributed by atoms with Crippen molar-refractivity contribution in [1.82, 2.24) is 24.9 Å². The van der Waals surface area contributed by atoms with Crippen molar-refractivity contribution in [2.75, 3.05) is 25.1 Å². The standard InChI is InChI=1S/C23H21FN6O/c1-31-21-10-15(8-9-25-21)23-22(14-2-4-16(24)5-3-14)27-19-6-7-20(28-30(19)23)29-13-17-11-18(29)12-26-17/h2-10,17-18,26H,11-13H2,1H3/t17-,18+/m1/s1. The number of methoxy groups -OCH3 is 1. The molecule has 1 aromatic carbocycles. The van der Waals surface area contributed by atoms with Crippen LogP contribution in [0.5, 0.6) is 5.88 Å². The Balaban J connectivity index is 1.55. The predicted molar refractivity (Wildman–Crippen MR) is 116 cm³/mol. The highest BCUT2D eigenvalue weighted by atomic mass is 19.1. The minimum Gasteiger partial charge on any atom is -0.481 e. The van der Waals surface area contributed by atoms with Gasteiger partial charge in [-0.1, -0.05) is 0 Å². The van der Waals surface area contributed by atoms with Crippen LogP contribution in [0.1, 0.15) is 6.42 Å². The van der Waals surface area contributed by atoms with Crippen LogP contribution in [0.2, 0.25) is 0 Å². The molecule has 2 bridgehead atoms. The van der Waals surface area contributed by atoms with E-state index in [-0.39, 0.29) is 5.82 Å². The fraction of sp³-hybridized carbons (Fsp3) is 0.261. The van der Waals surface area contributed by atoms with Gasteiger partial charge in [-0.25, -0.2) is 18.9 Å². The molecule has 3 aromatic heterocycles. The first kappa shape index (κ1) is 18.3. The van der Waals surface area contributed by atoms with Gasteiger partial charge in [0.1, 0.15) is 17.3 Å². The summed E-state index contributed by atoms with van der Waals surface area (Å²) in [5.41, 5.74) is 4.00. The van der Waals surface area contributed by atoms with E-state index in [2.05, 4.69) is 15.2 Å². The molecule has 2 fully saturated rings. The van der Waals surface area contributed by atoms with Gasteiger partial charge in [0.15, 0.2) is 5.65 Å². The summed E-state index contributed by atoms with van der Waals surface area (Å²) in [5.74, 6) is 1.17. The fourth-order valence-corrected chi connectivity index (χ4v) is 4.65. The van der Waals surface area contributed by atoms with E-state index in [9.17, 15) is 4.39 Å². The molecule has 0 amide bonds. The SMILES string of the molecule is COc1cc(-c2c(-c3ccc(F)cc3)nc3ccc(N4C[C@H]5C[C@H]4CN5)nn23)ccn1. The molecule has 0 saturated carbocycles. The van der Waals surface area contributed by atoms with Crippen LogP contribution in [0.4, 0.5) is 10.2 Å². The Morgan fingerprint density at radius 2 is 1.97 bits per heavy atom. The van der Waals surface area contributed by atoms with Gasteiger partial charge in [-0.15, -0.1) is 5.10 Å². The Kier molecular flexibility index (Phi) is 4.14. The number of nitrogens with one attached hydrogen (secondary N) is 1. The molecular formula is C23H21FN6O. The molecule has 1 N–H and O–H groups in total. The summed E-state index contributed by atoms with van der Waals surface area (Å²) < 4.78 is 20.8. The summed E-state index contributed by atoms with van der Waals surface area (Å²) in [6.07, 6.45) is 2.86. The van der Waals surface area contributed by atoms with Gasteiger partial charge in [0, 0.05) is 48.6 Å². The number of fused-ring (bicyclic) bond motifs is 3. The summed E-state index contributed by atoms with van der Waals surface area (Å²) >= 11 is 0. The van der Waals surface area contributed by atoms with Crippen LogP contribution in [0.3, 0.4) is 0 Å². The molecule has 0 unspecified atom stereocenters. The molecule has 0 radical (unpaired) electrons. The zero-order valence-corrected chi connectivity index (χ0v) is 17.0. The number of anilines is 1. The van der Waals surface area contributed by atoms with Gasteiger partial charge in [0.05, 0.1) is 12.8 Å². The molecule has 31 heavy (non-hydrogen) atoms. The van der Waals surface area contributed by atoms with Crippen molar-refractivity contribution < 1.29 is 9.13 Å². The molecule has 2 aliphatic rings. The summed E-state index contributed by atoms with van der Waals surface area (Å²) in [4.78, 5) is 11.4. The number of rotatable bonds is 4. The van der Waals surface area contributed by atoms with Crippen LogP contribution in [0.25, 0.3) is 28.2 Å². The fourth-order valence-electron chi connectivity index (χ4n) is 4.65. The van der Waals surface area contributed by atoms with Crippen LogP contribution in [-0.4, -0.2) is 51.9 Å². The zero-order chi connectivity index (χ0) is 20.9. The minimum atomic E-state index is -0.280. The molecule has 156 valence electrons. The van der Waals surface area contributed by atoms with E-state index < -0.39 is 0 Å². The van der Waals surface area contributed by atoms with E-state index in [1.54, 1.807) is 25.4 Å². The van der Waals surface area contributed by atoms with Gasteiger partial charge >= 0.3 is 0 Å². The smallest absolute Gasteiger partial charge is 0.213 e. The quantitative estimate of drug-likeness (QED) is 0.551. The summed E-state index contributed by atoms with van der Waals surface area (Å²) in [7, 11) is 1.59. The van der Waals surface area contributed by atoms with E-state index in [1.165, 1.54) is 12.1 Å². The van der Waals surface area contributed by atoms with Crippen molar-refractivity contribution in [3.8, 4) is 28.4 Å². The van der Waals surface area contributed by atoms with Crippen LogP contribution < -0.4 is 15.0 Å². The lowest BCUT2D eigenvalue weighted by atomic mass is 10.1. The average molecular weight is 416 g/mol. The van der Waals surface area contributed by atoms with Crippen molar-refractivity contribution in [1.29, 1.82) is 0 Å². The van der Waals surface area contributed by atoms with Crippen molar-refractivity contribution in [3.63, 3.8) is 0 Å². The molecule has 7 nitrogen and oxygen atoms in total. The second-order valence-electron chi connectivity index (χ2n) is 8.01. The largest absolute Gasteiger partial charge is 0.481 e. The molecule has 4 aromatic rings. The molecule has 2 aliphatic heterocycles. The van der Waals surface area contributed by atoms with Crippen LogP contribution in [0, 0.1) is 5.82 Å². The Labute approximate surface area is 178 Å². The monoisotopic (exact) mass is 416 g/mol. The number of piperazine rings is 1. The summed E-state index contributed by atoms with van der Waals surface area (Å²) in [6, 6.07) is 15.2. The maximum Gasteiger partial charge on any atom is 0.213 e. The third-order valence-corrected chi connectivity index (χ3v) is 6.15. The lowest BCUT2D eigenvalue weighted by Crippen LogP contribution is -2.44. The highest BCUT2D eigenvalue weighted by molar-refractivity contribution is 5.82. The second kappa shape index (κ2) is 7.02. The number of pyridine rings is 1. The molecule has 2 atom stereocenters. The van der Waals surface area contributed by atoms with Crippen molar-refractivity contribution >= 4 is 11.5 Å². The number of ether oxygens (including phenoxy) is 1. The highest BCUT2D eigenvalue weighted by Crippen LogP contribution is 2.35. The topological polar surface area (TPSA) is 67.6 Å². The number of nitrogens with zero attached hydrogens (tertiary/aromatic N) is 5. The first-order valence-corrected chi connectivity index (χ1v) is 10.4. The van der Waals surface area contributed by atoms with Gasteiger partial charge in [0.2, 0.25) is 5.88 Å². The number of benzene rings is 1. The van der Waals surface area contributed by atoms with Crippen molar-refractivity contribution in [2.45, 2.75) is 18.5 Å². The van der Waals surface area contributed by atoms with E-state index in [4.69, 9.17) is 14.8 Å². The van der Waals surface area contributed by atoms with Gasteiger partial charge < -0.3 is 15.0 Å². The lowest BCUT2D eigenvalue weighted by molar-refractivity contribution is 0.398. The van der Waals surface area contributed by atoms with E-state index in [1.807, 2.05) is 28.8 Å². The van der Waals surface area contributed by atoms with Crippen LogP contribution >= 0.6 is 0 Å². The Morgan fingerprint density at radius 1 is 1.10 bits per heavy atom. The summed E-state index contributed by atoms with van der Waals surface area (Å²) in [6.45, 7) is 1.95. The van der Waals surface area contributed by atoms with Crippen molar-refractivity contribution in [2.24, 2.45) is 0 Å². The molecular weight excluding hydrogens is 395 g/mol. The van der Waals surface area contributed by atoms with Crippen molar-refractivity contribution in [3.05, 3.63) is 60.5 Å². The second-order valence-corrected chi connectivity index (χ2v) is 8.01. The number of aromatic nitrogens is 4. The first-order chi connectivity index (χ1) is 15.2. The first-order valence-electron chi connectivity index (χ1n) is 10.4.